The molecular formula is C13H21N3O. The van der Waals surface area contributed by atoms with Crippen molar-refractivity contribution in [3.8, 4) is 0 Å². The largest absolute Gasteiger partial charge is 0.396 e. The smallest absolute Gasteiger partial charge is 0.132 e. The van der Waals surface area contributed by atoms with Gasteiger partial charge >= 0.3 is 0 Å². The van der Waals surface area contributed by atoms with E-state index in [9.17, 15) is 0 Å². The van der Waals surface area contributed by atoms with E-state index < -0.39 is 0 Å². The van der Waals surface area contributed by atoms with E-state index in [4.69, 9.17) is 5.11 Å². The molecule has 2 rings (SSSR count). The zero-order valence-corrected chi connectivity index (χ0v) is 10.5. The van der Waals surface area contributed by atoms with E-state index in [-0.39, 0.29) is 6.61 Å². The van der Waals surface area contributed by atoms with E-state index in [1.165, 1.54) is 12.8 Å². The number of hydrogen-bond donors (Lipinski definition) is 1. The van der Waals surface area contributed by atoms with Crippen LogP contribution in [0.3, 0.4) is 0 Å². The van der Waals surface area contributed by atoms with Gasteiger partial charge in [0.2, 0.25) is 0 Å². The highest BCUT2D eigenvalue weighted by molar-refractivity contribution is 5.40. The van der Waals surface area contributed by atoms with Crippen molar-refractivity contribution in [2.24, 2.45) is 0 Å². The molecule has 1 aliphatic heterocycles. The zero-order chi connectivity index (χ0) is 12.1. The number of hydrogen-bond acceptors (Lipinski definition) is 4. The van der Waals surface area contributed by atoms with Gasteiger partial charge in [-0.3, -0.25) is 0 Å². The minimum atomic E-state index is 0.257. The molecule has 1 aromatic rings. The zero-order valence-electron chi connectivity index (χ0n) is 10.5. The summed E-state index contributed by atoms with van der Waals surface area (Å²) in [5.74, 6) is 1.02. The van der Waals surface area contributed by atoms with Crippen LogP contribution in [-0.2, 0) is 6.42 Å². The van der Waals surface area contributed by atoms with Crippen LogP contribution in [0.2, 0.25) is 0 Å². The molecule has 94 valence electrons. The Morgan fingerprint density at radius 1 is 1.41 bits per heavy atom. The number of aliphatic hydroxyl groups is 1. The summed E-state index contributed by atoms with van der Waals surface area (Å²) in [6.45, 7) is 3.41. The SMILES string of the molecule is CCc1cc(N2CCCCC2CCO)ncn1. The lowest BCUT2D eigenvalue weighted by molar-refractivity contribution is 0.262. The van der Waals surface area contributed by atoms with E-state index in [1.54, 1.807) is 6.33 Å². The molecule has 0 radical (unpaired) electrons. The normalized spacial score (nSPS) is 20.6. The summed E-state index contributed by atoms with van der Waals surface area (Å²) in [5, 5.41) is 9.12. The third kappa shape index (κ3) is 2.94. The maximum Gasteiger partial charge on any atom is 0.132 e. The highest BCUT2D eigenvalue weighted by atomic mass is 16.3. The van der Waals surface area contributed by atoms with Crippen molar-refractivity contribution in [2.75, 3.05) is 18.1 Å². The Morgan fingerprint density at radius 3 is 3.06 bits per heavy atom. The summed E-state index contributed by atoms with van der Waals surface area (Å²) >= 11 is 0. The number of nitrogens with zero attached hydrogens (tertiary/aromatic N) is 3. The summed E-state index contributed by atoms with van der Waals surface area (Å²) in [6.07, 6.45) is 7.06. The first-order chi connectivity index (χ1) is 8.35. The van der Waals surface area contributed by atoms with E-state index >= 15 is 0 Å². The molecule has 0 aromatic carbocycles. The van der Waals surface area contributed by atoms with Gasteiger partial charge in [0.05, 0.1) is 0 Å². The maximum atomic E-state index is 9.12. The number of piperidine rings is 1. The lowest BCUT2D eigenvalue weighted by atomic mass is 9.99. The average molecular weight is 235 g/mol. The number of anilines is 1. The summed E-state index contributed by atoms with van der Waals surface area (Å²) in [4.78, 5) is 10.9. The Labute approximate surface area is 103 Å². The lowest BCUT2D eigenvalue weighted by Crippen LogP contribution is -2.40. The number of aliphatic hydroxyl groups excluding tert-OH is 1. The first kappa shape index (κ1) is 12.3. The fourth-order valence-electron chi connectivity index (χ4n) is 2.49. The van der Waals surface area contributed by atoms with Gasteiger partial charge in [-0.2, -0.15) is 0 Å². The van der Waals surface area contributed by atoms with Gasteiger partial charge in [0, 0.05) is 31.0 Å². The molecule has 0 bridgehead atoms. The van der Waals surface area contributed by atoms with Gasteiger partial charge in [-0.1, -0.05) is 6.92 Å². The van der Waals surface area contributed by atoms with E-state index in [0.717, 1.165) is 37.3 Å². The van der Waals surface area contributed by atoms with Crippen LogP contribution in [0.4, 0.5) is 5.82 Å². The van der Waals surface area contributed by atoms with Crippen molar-refractivity contribution >= 4 is 5.82 Å². The molecule has 1 fully saturated rings. The molecule has 0 aliphatic carbocycles. The second kappa shape index (κ2) is 5.96. The van der Waals surface area contributed by atoms with Crippen LogP contribution in [0.25, 0.3) is 0 Å². The van der Waals surface area contributed by atoms with Gasteiger partial charge in [0.1, 0.15) is 12.1 Å². The summed E-state index contributed by atoms with van der Waals surface area (Å²) in [5.41, 5.74) is 1.09. The lowest BCUT2D eigenvalue weighted by Gasteiger charge is -2.36. The van der Waals surface area contributed by atoms with Crippen LogP contribution in [0, 0.1) is 0 Å². The Bertz CT molecular complexity index is 354. The molecule has 0 saturated carbocycles. The Hall–Kier alpha value is -1.16. The van der Waals surface area contributed by atoms with Crippen LogP contribution >= 0.6 is 0 Å². The predicted molar refractivity (Wildman–Crippen MR) is 68.1 cm³/mol. The highest BCUT2D eigenvalue weighted by Gasteiger charge is 2.23. The summed E-state index contributed by atoms with van der Waals surface area (Å²) in [7, 11) is 0. The van der Waals surface area contributed by atoms with Gasteiger partial charge in [-0.25, -0.2) is 9.97 Å². The third-order valence-corrected chi connectivity index (χ3v) is 3.46. The number of aryl methyl sites for hydroxylation is 1. The highest BCUT2D eigenvalue weighted by Crippen LogP contribution is 2.24. The van der Waals surface area contributed by atoms with Crippen molar-refractivity contribution in [1.82, 2.24) is 9.97 Å². The molecule has 4 nitrogen and oxygen atoms in total. The fraction of sp³-hybridized carbons (Fsp3) is 0.692. The molecule has 17 heavy (non-hydrogen) atoms. The van der Waals surface area contributed by atoms with Gasteiger partial charge in [-0.15, -0.1) is 0 Å². The predicted octanol–water partition coefficient (Wildman–Crippen LogP) is 1.78. The first-order valence-electron chi connectivity index (χ1n) is 6.53. The van der Waals surface area contributed by atoms with E-state index in [2.05, 4.69) is 27.9 Å². The van der Waals surface area contributed by atoms with Crippen LogP contribution in [-0.4, -0.2) is 34.3 Å². The third-order valence-electron chi connectivity index (χ3n) is 3.46. The molecule has 0 spiro atoms. The van der Waals surface area contributed by atoms with Crippen molar-refractivity contribution in [2.45, 2.75) is 45.1 Å². The van der Waals surface area contributed by atoms with Crippen molar-refractivity contribution in [1.29, 1.82) is 0 Å². The van der Waals surface area contributed by atoms with Crippen LogP contribution < -0.4 is 4.90 Å². The molecule has 1 aromatic heterocycles. The quantitative estimate of drug-likeness (QED) is 0.864. The molecule has 1 unspecified atom stereocenters. The molecule has 0 amide bonds. The van der Waals surface area contributed by atoms with Crippen molar-refractivity contribution in [3.63, 3.8) is 0 Å². The molecule has 4 heteroatoms. The molecule has 1 N–H and O–H groups in total. The van der Waals surface area contributed by atoms with Gasteiger partial charge in [-0.05, 0) is 32.1 Å². The second-order valence-corrected chi connectivity index (χ2v) is 4.58. The van der Waals surface area contributed by atoms with Crippen LogP contribution in [0.1, 0.15) is 38.3 Å². The summed E-state index contributed by atoms with van der Waals surface area (Å²) in [6, 6.07) is 2.52. The maximum absolute atomic E-state index is 9.12. The Kier molecular flexibility index (Phi) is 4.31. The van der Waals surface area contributed by atoms with Crippen molar-refractivity contribution < 1.29 is 5.11 Å². The molecule has 1 saturated heterocycles. The Balaban J connectivity index is 2.16. The Morgan fingerprint density at radius 2 is 2.29 bits per heavy atom. The fourth-order valence-corrected chi connectivity index (χ4v) is 2.49. The van der Waals surface area contributed by atoms with Crippen molar-refractivity contribution in [3.05, 3.63) is 18.1 Å². The van der Waals surface area contributed by atoms with Gasteiger partial charge < -0.3 is 10.0 Å². The average Bonchev–Trinajstić information content (AvgIpc) is 2.40. The number of rotatable bonds is 4. The topological polar surface area (TPSA) is 49.2 Å². The van der Waals surface area contributed by atoms with Gasteiger partial charge in [0.25, 0.3) is 0 Å². The second-order valence-electron chi connectivity index (χ2n) is 4.58. The number of aromatic nitrogens is 2. The molecular weight excluding hydrogens is 214 g/mol. The van der Waals surface area contributed by atoms with Crippen LogP contribution in [0.15, 0.2) is 12.4 Å². The van der Waals surface area contributed by atoms with Crippen LogP contribution in [0.5, 0.6) is 0 Å². The summed E-state index contributed by atoms with van der Waals surface area (Å²) < 4.78 is 0. The standard InChI is InChI=1S/C13H21N3O/c1-2-11-9-13(15-10-14-11)16-7-4-3-5-12(16)6-8-17/h9-10,12,17H,2-8H2,1H3. The first-order valence-corrected chi connectivity index (χ1v) is 6.53. The van der Waals surface area contributed by atoms with Gasteiger partial charge in [0.15, 0.2) is 0 Å². The molecule has 1 atom stereocenters. The minimum absolute atomic E-state index is 0.257. The van der Waals surface area contributed by atoms with E-state index in [1.807, 2.05) is 0 Å². The minimum Gasteiger partial charge on any atom is -0.396 e. The monoisotopic (exact) mass is 235 g/mol. The molecule has 2 heterocycles. The van der Waals surface area contributed by atoms with E-state index in [0.29, 0.717) is 6.04 Å². The molecule has 1 aliphatic rings.